The molecule has 0 aromatic carbocycles. The van der Waals surface area contributed by atoms with Crippen molar-refractivity contribution < 1.29 is 32.7 Å². The summed E-state index contributed by atoms with van der Waals surface area (Å²) in [5, 5.41) is 10.2. The van der Waals surface area contributed by atoms with Crippen LogP contribution in [0.2, 0.25) is 0 Å². The normalized spacial score (nSPS) is 22.2. The molecule has 2 aliphatic heterocycles. The molecule has 0 radical (unpaired) electrons. The summed E-state index contributed by atoms with van der Waals surface area (Å²) in [6.45, 7) is 11.3. The molecule has 1 unspecified atom stereocenters. The molecule has 2 amide bonds. The van der Waals surface area contributed by atoms with Crippen molar-refractivity contribution in [2.45, 2.75) is 39.9 Å². The standard InChI is InChI=1S/C18H28N4O2S.C2HF3O2/c1-4-21-12-18(9-16(21)23)11-20(10-15-19-5-8-25-15)6-7-22(13-18)17(24)14(2)3;3-2(4,5)1(6)7/h5,8,14H,4,6-7,9-13H2,1-3H3;(H,6,7). The molecular formula is C20H29F3N4O4S. The van der Waals surface area contributed by atoms with E-state index in [1.165, 1.54) is 0 Å². The first-order valence-corrected chi connectivity index (χ1v) is 11.2. The zero-order valence-corrected chi connectivity index (χ0v) is 19.2. The number of likely N-dealkylation sites (tertiary alicyclic amines) is 1. The predicted octanol–water partition coefficient (Wildman–Crippen LogP) is 2.32. The molecule has 0 saturated carbocycles. The molecule has 1 atom stereocenters. The van der Waals surface area contributed by atoms with Crippen LogP contribution in [0.25, 0.3) is 0 Å². The summed E-state index contributed by atoms with van der Waals surface area (Å²) in [6, 6.07) is 0. The van der Waals surface area contributed by atoms with E-state index in [0.29, 0.717) is 13.0 Å². The third-order valence-corrected chi connectivity index (χ3v) is 6.21. The van der Waals surface area contributed by atoms with Gasteiger partial charge in [0.1, 0.15) is 5.01 Å². The average Bonchev–Trinajstić information content (AvgIpc) is 3.26. The summed E-state index contributed by atoms with van der Waals surface area (Å²) in [6.07, 6.45) is -2.71. The lowest BCUT2D eigenvalue weighted by atomic mass is 9.85. The highest BCUT2D eigenvalue weighted by Crippen LogP contribution is 2.35. The zero-order valence-electron chi connectivity index (χ0n) is 18.4. The molecule has 2 aliphatic rings. The van der Waals surface area contributed by atoms with Crippen molar-refractivity contribution in [2.75, 3.05) is 39.3 Å². The predicted molar refractivity (Wildman–Crippen MR) is 112 cm³/mol. The van der Waals surface area contributed by atoms with Gasteiger partial charge in [-0.1, -0.05) is 13.8 Å². The minimum atomic E-state index is -5.08. The van der Waals surface area contributed by atoms with Crippen molar-refractivity contribution in [3.8, 4) is 0 Å². The van der Waals surface area contributed by atoms with Gasteiger partial charge >= 0.3 is 12.1 Å². The van der Waals surface area contributed by atoms with Gasteiger partial charge in [0.2, 0.25) is 11.8 Å². The molecule has 1 aromatic rings. The van der Waals surface area contributed by atoms with Gasteiger partial charge < -0.3 is 14.9 Å². The number of thiazole rings is 1. The molecule has 1 spiro atoms. The Hall–Kier alpha value is -2.21. The number of hydrogen-bond donors (Lipinski definition) is 1. The Morgan fingerprint density at radius 3 is 2.38 bits per heavy atom. The Bertz CT molecular complexity index is 803. The van der Waals surface area contributed by atoms with Crippen LogP contribution in [0.1, 0.15) is 32.2 Å². The molecule has 0 aliphatic carbocycles. The lowest BCUT2D eigenvalue weighted by Gasteiger charge is -2.34. The van der Waals surface area contributed by atoms with Crippen LogP contribution in [0.5, 0.6) is 0 Å². The van der Waals surface area contributed by atoms with Gasteiger partial charge in [-0.15, -0.1) is 11.3 Å². The molecular weight excluding hydrogens is 449 g/mol. The Balaban J connectivity index is 0.000000451. The second kappa shape index (κ2) is 10.6. The quantitative estimate of drug-likeness (QED) is 0.714. The van der Waals surface area contributed by atoms with Gasteiger partial charge in [0.15, 0.2) is 0 Å². The van der Waals surface area contributed by atoms with Crippen molar-refractivity contribution in [1.82, 2.24) is 19.7 Å². The molecule has 1 N–H and O–H groups in total. The fraction of sp³-hybridized carbons (Fsp3) is 0.700. The molecule has 180 valence electrons. The molecule has 12 heteroatoms. The molecule has 3 rings (SSSR count). The summed E-state index contributed by atoms with van der Waals surface area (Å²) >= 11 is 1.66. The Labute approximate surface area is 189 Å². The van der Waals surface area contributed by atoms with E-state index >= 15 is 0 Å². The van der Waals surface area contributed by atoms with Crippen LogP contribution in [0.4, 0.5) is 13.2 Å². The van der Waals surface area contributed by atoms with Crippen LogP contribution in [0.3, 0.4) is 0 Å². The van der Waals surface area contributed by atoms with Gasteiger partial charge in [0, 0.05) is 68.6 Å². The largest absolute Gasteiger partial charge is 0.490 e. The van der Waals surface area contributed by atoms with Crippen LogP contribution in [0.15, 0.2) is 11.6 Å². The highest BCUT2D eigenvalue weighted by molar-refractivity contribution is 7.09. The van der Waals surface area contributed by atoms with E-state index < -0.39 is 12.1 Å². The first-order valence-electron chi connectivity index (χ1n) is 10.3. The Morgan fingerprint density at radius 2 is 1.91 bits per heavy atom. The van der Waals surface area contributed by atoms with E-state index in [1.54, 1.807) is 11.3 Å². The number of nitrogens with zero attached hydrogens (tertiary/aromatic N) is 4. The molecule has 8 nitrogen and oxygen atoms in total. The van der Waals surface area contributed by atoms with E-state index in [0.717, 1.165) is 44.3 Å². The van der Waals surface area contributed by atoms with Crippen molar-refractivity contribution in [3.05, 3.63) is 16.6 Å². The summed E-state index contributed by atoms with van der Waals surface area (Å²) in [7, 11) is 0. The van der Waals surface area contributed by atoms with Crippen LogP contribution in [-0.2, 0) is 20.9 Å². The fourth-order valence-electron chi connectivity index (χ4n) is 4.04. The molecule has 3 heterocycles. The number of alkyl halides is 3. The molecule has 1 aromatic heterocycles. The number of aromatic nitrogens is 1. The smallest absolute Gasteiger partial charge is 0.475 e. The van der Waals surface area contributed by atoms with E-state index in [-0.39, 0.29) is 23.1 Å². The molecule has 2 fully saturated rings. The second-order valence-electron chi connectivity index (χ2n) is 8.44. The number of amides is 2. The minimum Gasteiger partial charge on any atom is -0.475 e. The number of carboxylic acids is 1. The van der Waals surface area contributed by atoms with Crippen LogP contribution in [0, 0.1) is 11.3 Å². The SMILES string of the molecule is CCN1CC2(CC1=O)CN(Cc1nccs1)CCN(C(=O)C(C)C)C2.O=C(O)C(F)(F)F. The maximum atomic E-state index is 12.6. The first kappa shape index (κ1) is 26.0. The summed E-state index contributed by atoms with van der Waals surface area (Å²) in [5.74, 6) is -2.36. The Morgan fingerprint density at radius 1 is 1.25 bits per heavy atom. The van der Waals surface area contributed by atoms with Crippen molar-refractivity contribution in [3.63, 3.8) is 0 Å². The highest BCUT2D eigenvalue weighted by atomic mass is 32.1. The van der Waals surface area contributed by atoms with Crippen LogP contribution >= 0.6 is 11.3 Å². The summed E-state index contributed by atoms with van der Waals surface area (Å²) in [5.41, 5.74) is -0.161. The van der Waals surface area contributed by atoms with E-state index in [2.05, 4.69) is 9.88 Å². The zero-order chi connectivity index (χ0) is 24.1. The van der Waals surface area contributed by atoms with Crippen LogP contribution < -0.4 is 0 Å². The maximum absolute atomic E-state index is 12.6. The van der Waals surface area contributed by atoms with Gasteiger partial charge in [0.25, 0.3) is 0 Å². The van der Waals surface area contributed by atoms with E-state index in [9.17, 15) is 22.8 Å². The lowest BCUT2D eigenvalue weighted by molar-refractivity contribution is -0.192. The van der Waals surface area contributed by atoms with Crippen molar-refractivity contribution in [1.29, 1.82) is 0 Å². The van der Waals surface area contributed by atoms with Crippen LogP contribution in [-0.4, -0.2) is 88.0 Å². The van der Waals surface area contributed by atoms with E-state index in [4.69, 9.17) is 9.90 Å². The van der Waals surface area contributed by atoms with Gasteiger partial charge in [0.05, 0.1) is 6.54 Å². The van der Waals surface area contributed by atoms with Gasteiger partial charge in [-0.2, -0.15) is 13.2 Å². The topological polar surface area (TPSA) is 94.1 Å². The van der Waals surface area contributed by atoms with E-state index in [1.807, 2.05) is 42.1 Å². The summed E-state index contributed by atoms with van der Waals surface area (Å²) in [4.78, 5) is 44.7. The highest BCUT2D eigenvalue weighted by Gasteiger charge is 2.47. The number of hydrogen-bond acceptors (Lipinski definition) is 6. The Kier molecular flexibility index (Phi) is 8.63. The number of carbonyl (C=O) groups excluding carboxylic acids is 2. The molecule has 2 saturated heterocycles. The number of carbonyl (C=O) groups is 3. The van der Waals surface area contributed by atoms with Gasteiger partial charge in [-0.05, 0) is 6.92 Å². The third-order valence-electron chi connectivity index (χ3n) is 5.45. The first-order chi connectivity index (χ1) is 14.9. The number of carboxylic acid groups (broad SMARTS) is 1. The maximum Gasteiger partial charge on any atom is 0.490 e. The molecule has 32 heavy (non-hydrogen) atoms. The monoisotopic (exact) mass is 478 g/mol. The van der Waals surface area contributed by atoms with Crippen molar-refractivity contribution >= 4 is 29.1 Å². The third kappa shape index (κ3) is 6.89. The lowest BCUT2D eigenvalue weighted by Crippen LogP contribution is -2.45. The number of aliphatic carboxylic acids is 1. The average molecular weight is 479 g/mol. The summed E-state index contributed by atoms with van der Waals surface area (Å²) < 4.78 is 31.7. The number of rotatable bonds is 4. The number of halogens is 3. The van der Waals surface area contributed by atoms with Crippen molar-refractivity contribution in [2.24, 2.45) is 11.3 Å². The van der Waals surface area contributed by atoms with Gasteiger partial charge in [-0.25, -0.2) is 9.78 Å². The fourth-order valence-corrected chi connectivity index (χ4v) is 4.70. The minimum absolute atomic E-state index is 0.0121. The molecule has 0 bridgehead atoms. The van der Waals surface area contributed by atoms with Gasteiger partial charge in [-0.3, -0.25) is 14.5 Å². The second-order valence-corrected chi connectivity index (χ2v) is 9.42.